The van der Waals surface area contributed by atoms with Gasteiger partial charge in [-0.25, -0.2) is 4.99 Å². The number of aliphatic imine (C=N–C) groups is 1. The third-order valence-electron chi connectivity index (χ3n) is 4.36. The number of hydrogen-bond donors (Lipinski definition) is 0. The highest BCUT2D eigenvalue weighted by atomic mass is 35.5. The highest BCUT2D eigenvalue weighted by Crippen LogP contribution is 2.37. The van der Waals surface area contributed by atoms with Gasteiger partial charge in [0.25, 0.3) is 5.91 Å². The molecule has 0 N–H and O–H groups in total. The van der Waals surface area contributed by atoms with E-state index in [4.69, 9.17) is 27.9 Å². The Morgan fingerprint density at radius 1 is 0.900 bits per heavy atom. The zero-order valence-corrected chi connectivity index (χ0v) is 18.2. The molecule has 1 aliphatic rings. The van der Waals surface area contributed by atoms with Crippen LogP contribution in [0.25, 0.3) is 6.08 Å². The van der Waals surface area contributed by atoms with Gasteiger partial charge in [-0.05, 0) is 84.1 Å². The molecule has 0 atom stereocenters. The molecule has 4 rings (SSSR count). The molecule has 1 saturated heterocycles. The Kier molecular flexibility index (Phi) is 6.13. The van der Waals surface area contributed by atoms with Crippen LogP contribution in [0.1, 0.15) is 5.56 Å². The van der Waals surface area contributed by atoms with Crippen molar-refractivity contribution in [3.63, 3.8) is 0 Å². The van der Waals surface area contributed by atoms with Crippen molar-refractivity contribution in [2.24, 2.45) is 4.99 Å². The molecule has 1 heterocycles. The van der Waals surface area contributed by atoms with Crippen molar-refractivity contribution in [3.8, 4) is 5.75 Å². The van der Waals surface area contributed by atoms with Crippen molar-refractivity contribution in [2.75, 3.05) is 12.0 Å². The van der Waals surface area contributed by atoms with E-state index in [2.05, 4.69) is 4.99 Å². The van der Waals surface area contributed by atoms with Crippen LogP contribution in [-0.2, 0) is 4.79 Å². The van der Waals surface area contributed by atoms with E-state index in [1.54, 1.807) is 48.4 Å². The molecule has 1 amide bonds. The van der Waals surface area contributed by atoms with E-state index in [0.29, 0.717) is 31.5 Å². The van der Waals surface area contributed by atoms with Gasteiger partial charge >= 0.3 is 0 Å². The lowest BCUT2D eigenvalue weighted by atomic mass is 10.2. The van der Waals surface area contributed by atoms with Gasteiger partial charge in [0.15, 0.2) is 5.17 Å². The summed E-state index contributed by atoms with van der Waals surface area (Å²) in [4.78, 5) is 20.1. The number of hydrogen-bond acceptors (Lipinski definition) is 4. The minimum Gasteiger partial charge on any atom is -0.497 e. The fourth-order valence-corrected chi connectivity index (χ4v) is 4.10. The maximum absolute atomic E-state index is 13.3. The summed E-state index contributed by atoms with van der Waals surface area (Å²) in [7, 11) is 1.62. The monoisotopic (exact) mass is 454 g/mol. The average Bonchev–Trinajstić information content (AvgIpc) is 3.05. The molecular formula is C23H16Cl2N2O2S. The van der Waals surface area contributed by atoms with E-state index in [-0.39, 0.29) is 5.91 Å². The molecule has 3 aromatic carbocycles. The van der Waals surface area contributed by atoms with Gasteiger partial charge in [-0.3, -0.25) is 9.69 Å². The highest BCUT2D eigenvalue weighted by molar-refractivity contribution is 8.19. The SMILES string of the molecule is COc1ccc(/C=C2\SC(=Nc3ccc(Cl)cc3)N(c3ccc(Cl)cc3)C2=O)cc1. The molecule has 0 unspecified atom stereocenters. The van der Waals surface area contributed by atoms with Gasteiger partial charge in [0.1, 0.15) is 5.75 Å². The van der Waals surface area contributed by atoms with Gasteiger partial charge in [0, 0.05) is 10.0 Å². The van der Waals surface area contributed by atoms with Crippen LogP contribution in [0.2, 0.25) is 10.0 Å². The second-order valence-electron chi connectivity index (χ2n) is 6.37. The molecule has 0 bridgehead atoms. The molecule has 150 valence electrons. The standard InChI is InChI=1S/C23H16Cl2N2O2S/c1-29-20-12-2-15(3-13-20)14-21-22(28)27(19-10-6-17(25)7-11-19)23(30-21)26-18-8-4-16(24)5-9-18/h2-14H,1H3/b21-14-,26-23?. The maximum atomic E-state index is 13.3. The van der Waals surface area contributed by atoms with Gasteiger partial charge < -0.3 is 4.74 Å². The van der Waals surface area contributed by atoms with Gasteiger partial charge in [-0.2, -0.15) is 0 Å². The lowest BCUT2D eigenvalue weighted by Crippen LogP contribution is -2.28. The molecule has 0 aliphatic carbocycles. The topological polar surface area (TPSA) is 41.9 Å². The van der Waals surface area contributed by atoms with Gasteiger partial charge in [0.2, 0.25) is 0 Å². The van der Waals surface area contributed by atoms with E-state index in [1.165, 1.54) is 11.8 Å². The predicted molar refractivity (Wildman–Crippen MR) is 126 cm³/mol. The largest absolute Gasteiger partial charge is 0.497 e. The third kappa shape index (κ3) is 4.54. The molecule has 0 spiro atoms. The number of anilines is 1. The number of ether oxygens (including phenoxy) is 1. The third-order valence-corrected chi connectivity index (χ3v) is 5.83. The number of methoxy groups -OCH3 is 1. The first-order valence-electron chi connectivity index (χ1n) is 9.01. The Balaban J connectivity index is 1.74. The molecule has 7 heteroatoms. The second-order valence-corrected chi connectivity index (χ2v) is 8.25. The summed E-state index contributed by atoms with van der Waals surface area (Å²) in [6.07, 6.45) is 1.85. The first-order valence-corrected chi connectivity index (χ1v) is 10.6. The summed E-state index contributed by atoms with van der Waals surface area (Å²) in [6, 6.07) is 21.8. The van der Waals surface area contributed by atoms with Gasteiger partial charge in [-0.1, -0.05) is 35.3 Å². The number of rotatable bonds is 4. The fourth-order valence-electron chi connectivity index (χ4n) is 2.84. The van der Waals surface area contributed by atoms with Crippen LogP contribution in [0.3, 0.4) is 0 Å². The predicted octanol–water partition coefficient (Wildman–Crippen LogP) is 6.81. The van der Waals surface area contributed by atoms with Crippen molar-refractivity contribution in [3.05, 3.63) is 93.3 Å². The quantitative estimate of drug-likeness (QED) is 0.406. The van der Waals surface area contributed by atoms with Crippen LogP contribution in [0.15, 0.2) is 82.7 Å². The smallest absolute Gasteiger partial charge is 0.271 e. The number of thioether (sulfide) groups is 1. The first-order chi connectivity index (χ1) is 14.5. The number of carbonyl (C=O) groups excluding carboxylic acids is 1. The normalized spacial score (nSPS) is 16.5. The molecule has 0 aromatic heterocycles. The summed E-state index contributed by atoms with van der Waals surface area (Å²) in [6.45, 7) is 0. The summed E-state index contributed by atoms with van der Waals surface area (Å²) >= 11 is 13.3. The van der Waals surface area contributed by atoms with E-state index < -0.39 is 0 Å². The molecule has 1 fully saturated rings. The van der Waals surface area contributed by atoms with E-state index in [1.807, 2.05) is 42.5 Å². The number of benzene rings is 3. The zero-order valence-electron chi connectivity index (χ0n) is 15.9. The van der Waals surface area contributed by atoms with Crippen LogP contribution in [-0.4, -0.2) is 18.2 Å². The van der Waals surface area contributed by atoms with Crippen molar-refractivity contribution in [1.29, 1.82) is 0 Å². The molecule has 3 aromatic rings. The van der Waals surface area contributed by atoms with Gasteiger partial charge in [-0.15, -0.1) is 0 Å². The number of nitrogens with zero attached hydrogens (tertiary/aromatic N) is 2. The summed E-state index contributed by atoms with van der Waals surface area (Å²) in [5.41, 5.74) is 2.30. The summed E-state index contributed by atoms with van der Waals surface area (Å²) in [5, 5.41) is 1.79. The Hall–Kier alpha value is -2.73. The molecule has 0 saturated carbocycles. The highest BCUT2D eigenvalue weighted by Gasteiger charge is 2.34. The summed E-state index contributed by atoms with van der Waals surface area (Å²) < 4.78 is 5.20. The van der Waals surface area contributed by atoms with E-state index in [0.717, 1.165) is 11.3 Å². The fraction of sp³-hybridized carbons (Fsp3) is 0.0435. The molecular weight excluding hydrogens is 439 g/mol. The lowest BCUT2D eigenvalue weighted by molar-refractivity contribution is -0.113. The average molecular weight is 455 g/mol. The van der Waals surface area contributed by atoms with Crippen molar-refractivity contribution >= 4 is 63.5 Å². The van der Waals surface area contributed by atoms with Crippen molar-refractivity contribution < 1.29 is 9.53 Å². The molecule has 30 heavy (non-hydrogen) atoms. The molecule has 1 aliphatic heterocycles. The van der Waals surface area contributed by atoms with Crippen molar-refractivity contribution in [2.45, 2.75) is 0 Å². The van der Waals surface area contributed by atoms with E-state index in [9.17, 15) is 4.79 Å². The van der Waals surface area contributed by atoms with E-state index >= 15 is 0 Å². The van der Waals surface area contributed by atoms with Gasteiger partial charge in [0.05, 0.1) is 23.4 Å². The number of halogens is 2. The Labute approximate surface area is 188 Å². The number of amidine groups is 1. The lowest BCUT2D eigenvalue weighted by Gasteiger charge is -2.15. The van der Waals surface area contributed by atoms with Crippen LogP contribution in [0, 0.1) is 0 Å². The van der Waals surface area contributed by atoms with Crippen LogP contribution in [0.4, 0.5) is 11.4 Å². The first kappa shape index (κ1) is 20.5. The van der Waals surface area contributed by atoms with Crippen molar-refractivity contribution in [1.82, 2.24) is 0 Å². The summed E-state index contributed by atoms with van der Waals surface area (Å²) in [5.74, 6) is 0.612. The number of carbonyl (C=O) groups is 1. The van der Waals surface area contributed by atoms with Crippen LogP contribution < -0.4 is 9.64 Å². The Morgan fingerprint density at radius 3 is 2.10 bits per heavy atom. The Bertz CT molecular complexity index is 1130. The zero-order chi connectivity index (χ0) is 21.1. The Morgan fingerprint density at radius 2 is 1.50 bits per heavy atom. The minimum absolute atomic E-state index is 0.147. The van der Waals surface area contributed by atoms with Crippen LogP contribution >= 0.6 is 35.0 Å². The number of amides is 1. The molecule has 4 nitrogen and oxygen atoms in total. The second kappa shape index (κ2) is 8.96. The minimum atomic E-state index is -0.147. The molecule has 0 radical (unpaired) electrons. The maximum Gasteiger partial charge on any atom is 0.271 e. The van der Waals surface area contributed by atoms with Crippen LogP contribution in [0.5, 0.6) is 5.75 Å².